The summed E-state index contributed by atoms with van der Waals surface area (Å²) in [7, 11) is 0. The number of pyridine rings is 4. The lowest BCUT2D eigenvalue weighted by molar-refractivity contribution is 0.309. The summed E-state index contributed by atoms with van der Waals surface area (Å²) in [6.45, 7) is 0.463. The number of benzene rings is 2. The van der Waals surface area contributed by atoms with E-state index >= 15 is 0 Å². The third-order valence-electron chi connectivity index (χ3n) is 5.96. The molecule has 0 amide bonds. The number of rotatable bonds is 6. The number of fused-ring (bicyclic) bond motifs is 1. The summed E-state index contributed by atoms with van der Waals surface area (Å²) in [5.74, 6) is 0.784. The molecule has 4 aromatic heterocycles. The molecule has 0 aliphatic carbocycles. The quantitative estimate of drug-likeness (QED) is 0.264. The molecule has 36 heavy (non-hydrogen) atoms. The van der Waals surface area contributed by atoms with Gasteiger partial charge in [-0.25, -0.2) is 4.98 Å². The van der Waals surface area contributed by atoms with Gasteiger partial charge in [-0.2, -0.15) is 0 Å². The molecule has 0 atom stereocenters. The van der Waals surface area contributed by atoms with E-state index < -0.39 is 0 Å². The van der Waals surface area contributed by atoms with Crippen LogP contribution in [0.1, 0.15) is 5.56 Å². The van der Waals surface area contributed by atoms with Gasteiger partial charge in [-0.1, -0.05) is 54.6 Å². The standard InChI is InChI=1S/C31H22N4O/c1-3-16-32-26(9-1)28-19-25(20-29(35-28)27-10-2-4-17-33-27)23-14-12-22(13-15-23)21-36-30-11-5-7-24-8-6-18-34-31(24)30/h1-20H,21H2. The van der Waals surface area contributed by atoms with Gasteiger partial charge >= 0.3 is 0 Å². The zero-order chi connectivity index (χ0) is 24.2. The molecule has 172 valence electrons. The first-order valence-corrected chi connectivity index (χ1v) is 11.7. The summed E-state index contributed by atoms with van der Waals surface area (Å²) in [6.07, 6.45) is 5.35. The second-order valence-corrected chi connectivity index (χ2v) is 8.37. The smallest absolute Gasteiger partial charge is 0.146 e. The Kier molecular flexibility index (Phi) is 5.86. The minimum absolute atomic E-state index is 0.463. The molecule has 0 spiro atoms. The van der Waals surface area contributed by atoms with Gasteiger partial charge in [0.2, 0.25) is 0 Å². The van der Waals surface area contributed by atoms with Crippen LogP contribution in [0, 0.1) is 0 Å². The molecular formula is C31H22N4O. The van der Waals surface area contributed by atoms with Crippen molar-refractivity contribution < 1.29 is 4.74 Å². The Balaban J connectivity index is 1.30. The second kappa shape index (κ2) is 9.76. The lowest BCUT2D eigenvalue weighted by Gasteiger charge is -2.11. The third-order valence-corrected chi connectivity index (χ3v) is 5.96. The fourth-order valence-corrected chi connectivity index (χ4v) is 4.14. The van der Waals surface area contributed by atoms with Gasteiger partial charge in [-0.3, -0.25) is 15.0 Å². The lowest BCUT2D eigenvalue weighted by Crippen LogP contribution is -1.97. The topological polar surface area (TPSA) is 60.8 Å². The molecule has 0 saturated carbocycles. The van der Waals surface area contributed by atoms with Crippen LogP contribution in [0.4, 0.5) is 0 Å². The van der Waals surface area contributed by atoms with E-state index in [1.54, 1.807) is 18.6 Å². The van der Waals surface area contributed by atoms with Crippen LogP contribution in [-0.2, 0) is 6.61 Å². The van der Waals surface area contributed by atoms with E-state index in [-0.39, 0.29) is 0 Å². The van der Waals surface area contributed by atoms with E-state index in [2.05, 4.69) is 51.4 Å². The Labute approximate surface area is 209 Å². The van der Waals surface area contributed by atoms with Crippen molar-refractivity contribution in [2.75, 3.05) is 0 Å². The number of para-hydroxylation sites is 1. The first-order valence-electron chi connectivity index (χ1n) is 11.7. The van der Waals surface area contributed by atoms with Crippen LogP contribution in [-0.4, -0.2) is 19.9 Å². The van der Waals surface area contributed by atoms with E-state index in [1.165, 1.54) is 0 Å². The maximum absolute atomic E-state index is 6.12. The van der Waals surface area contributed by atoms with Crippen molar-refractivity contribution >= 4 is 10.9 Å². The average molecular weight is 467 g/mol. The number of hydrogen-bond acceptors (Lipinski definition) is 5. The molecule has 0 fully saturated rings. The average Bonchev–Trinajstić information content (AvgIpc) is 2.97. The Bertz CT molecular complexity index is 1560. The van der Waals surface area contributed by atoms with E-state index in [1.807, 2.05) is 66.7 Å². The Morgan fingerprint density at radius 3 is 1.86 bits per heavy atom. The lowest BCUT2D eigenvalue weighted by atomic mass is 10.0. The van der Waals surface area contributed by atoms with Crippen molar-refractivity contribution in [2.24, 2.45) is 0 Å². The van der Waals surface area contributed by atoms with Crippen LogP contribution < -0.4 is 4.74 Å². The molecule has 5 nitrogen and oxygen atoms in total. The van der Waals surface area contributed by atoms with Crippen molar-refractivity contribution in [2.45, 2.75) is 6.61 Å². The highest BCUT2D eigenvalue weighted by Crippen LogP contribution is 2.29. The molecule has 0 aliphatic rings. The number of hydrogen-bond donors (Lipinski definition) is 0. The minimum atomic E-state index is 0.463. The highest BCUT2D eigenvalue weighted by molar-refractivity contribution is 5.84. The number of nitrogens with zero attached hydrogens (tertiary/aromatic N) is 4. The van der Waals surface area contributed by atoms with Crippen LogP contribution in [0.2, 0.25) is 0 Å². The fourth-order valence-electron chi connectivity index (χ4n) is 4.14. The normalized spacial score (nSPS) is 10.9. The number of ether oxygens (including phenoxy) is 1. The highest BCUT2D eigenvalue weighted by Gasteiger charge is 2.11. The predicted octanol–water partition coefficient (Wildman–Crippen LogP) is 7.00. The largest absolute Gasteiger partial charge is 0.487 e. The van der Waals surface area contributed by atoms with Gasteiger partial charge in [0.1, 0.15) is 17.9 Å². The molecule has 0 radical (unpaired) electrons. The van der Waals surface area contributed by atoms with E-state index in [0.29, 0.717) is 6.61 Å². The first-order chi connectivity index (χ1) is 17.8. The first kappa shape index (κ1) is 21.6. The van der Waals surface area contributed by atoms with E-state index in [0.717, 1.165) is 56.1 Å². The van der Waals surface area contributed by atoms with Gasteiger partial charge < -0.3 is 4.74 Å². The van der Waals surface area contributed by atoms with Crippen LogP contribution in [0.5, 0.6) is 5.75 Å². The van der Waals surface area contributed by atoms with Gasteiger partial charge in [0.05, 0.1) is 22.8 Å². The summed E-state index contributed by atoms with van der Waals surface area (Å²) < 4.78 is 6.12. The molecular weight excluding hydrogens is 444 g/mol. The summed E-state index contributed by atoms with van der Waals surface area (Å²) >= 11 is 0. The maximum Gasteiger partial charge on any atom is 0.146 e. The van der Waals surface area contributed by atoms with E-state index in [4.69, 9.17) is 9.72 Å². The maximum atomic E-state index is 6.12. The molecule has 0 N–H and O–H groups in total. The Hall–Kier alpha value is -4.90. The molecule has 0 saturated heterocycles. The van der Waals surface area contributed by atoms with Crippen molar-refractivity contribution in [3.8, 4) is 39.7 Å². The molecule has 0 aliphatic heterocycles. The Morgan fingerprint density at radius 2 is 1.19 bits per heavy atom. The predicted molar refractivity (Wildman–Crippen MR) is 142 cm³/mol. The van der Waals surface area contributed by atoms with Crippen LogP contribution in [0.25, 0.3) is 44.8 Å². The molecule has 2 aromatic carbocycles. The zero-order valence-corrected chi connectivity index (χ0v) is 19.5. The molecule has 4 heterocycles. The van der Waals surface area contributed by atoms with Gasteiger partial charge in [0.15, 0.2) is 0 Å². The van der Waals surface area contributed by atoms with Gasteiger partial charge in [0, 0.05) is 24.0 Å². The van der Waals surface area contributed by atoms with Crippen molar-refractivity contribution in [1.29, 1.82) is 0 Å². The fraction of sp³-hybridized carbons (Fsp3) is 0.0323. The van der Waals surface area contributed by atoms with Gasteiger partial charge in [0.25, 0.3) is 0 Å². The minimum Gasteiger partial charge on any atom is -0.487 e. The van der Waals surface area contributed by atoms with Crippen molar-refractivity contribution in [3.63, 3.8) is 0 Å². The van der Waals surface area contributed by atoms with Crippen LogP contribution >= 0.6 is 0 Å². The molecule has 5 heteroatoms. The van der Waals surface area contributed by atoms with Gasteiger partial charge in [-0.15, -0.1) is 0 Å². The monoisotopic (exact) mass is 466 g/mol. The summed E-state index contributed by atoms with van der Waals surface area (Å²) in [5, 5.41) is 1.07. The zero-order valence-electron chi connectivity index (χ0n) is 19.5. The Morgan fingerprint density at radius 1 is 0.528 bits per heavy atom. The third kappa shape index (κ3) is 4.55. The van der Waals surface area contributed by atoms with Gasteiger partial charge in [-0.05, 0) is 65.2 Å². The van der Waals surface area contributed by atoms with Crippen LogP contribution in [0.15, 0.2) is 122 Å². The molecule has 6 aromatic rings. The van der Waals surface area contributed by atoms with Crippen molar-refractivity contribution in [3.05, 3.63) is 127 Å². The van der Waals surface area contributed by atoms with E-state index in [9.17, 15) is 0 Å². The summed E-state index contributed by atoms with van der Waals surface area (Å²) in [6, 6.07) is 34.2. The molecule has 0 bridgehead atoms. The van der Waals surface area contributed by atoms with Crippen LogP contribution in [0.3, 0.4) is 0 Å². The van der Waals surface area contributed by atoms with Crippen molar-refractivity contribution in [1.82, 2.24) is 19.9 Å². The summed E-state index contributed by atoms with van der Waals surface area (Å²) in [5.41, 5.74) is 7.36. The second-order valence-electron chi connectivity index (χ2n) is 8.37. The highest BCUT2D eigenvalue weighted by atomic mass is 16.5. The molecule has 6 rings (SSSR count). The molecule has 0 unspecified atom stereocenters. The summed E-state index contributed by atoms with van der Waals surface area (Å²) in [4.78, 5) is 18.3. The SMILES string of the molecule is c1ccc(-c2cc(-c3ccc(COc4cccc5cccnc45)cc3)cc(-c3ccccn3)n2)nc1. The number of aromatic nitrogens is 4.